The van der Waals surface area contributed by atoms with Gasteiger partial charge in [-0.25, -0.2) is 8.42 Å². The third kappa shape index (κ3) is 9.47. The van der Waals surface area contributed by atoms with Gasteiger partial charge in [0.15, 0.2) is 5.78 Å². The van der Waals surface area contributed by atoms with Gasteiger partial charge in [0.1, 0.15) is 9.84 Å². The lowest BCUT2D eigenvalue weighted by atomic mass is 9.97. The molecule has 4 heterocycles. The van der Waals surface area contributed by atoms with E-state index in [1.807, 2.05) is 35.2 Å². The zero-order valence-electron chi connectivity index (χ0n) is 28.0. The second-order valence-electron chi connectivity index (χ2n) is 12.6. The Morgan fingerprint density at radius 2 is 1.74 bits per heavy atom. The molecule has 0 spiro atoms. The molecule has 1 saturated heterocycles. The van der Waals surface area contributed by atoms with E-state index in [1.165, 1.54) is 12.2 Å². The number of Topliss-reactive ketones (excluding diaryl/α,β-unsaturated/α-hetero) is 1. The molecule has 3 aromatic rings. The van der Waals surface area contributed by atoms with Crippen molar-refractivity contribution in [3.63, 3.8) is 0 Å². The van der Waals surface area contributed by atoms with E-state index in [0.29, 0.717) is 25.8 Å². The van der Waals surface area contributed by atoms with Crippen molar-refractivity contribution in [1.82, 2.24) is 25.5 Å². The van der Waals surface area contributed by atoms with Crippen LogP contribution in [-0.4, -0.2) is 110 Å². The molecule has 5 rings (SSSR count). The number of hydrogen-bond acceptors (Lipinski definition) is 11. The quantitative estimate of drug-likeness (QED) is 0.112. The second-order valence-corrected chi connectivity index (χ2v) is 14.7. The molecule has 50 heavy (non-hydrogen) atoms. The predicted octanol–water partition coefficient (Wildman–Crippen LogP) is 1.72. The van der Waals surface area contributed by atoms with Gasteiger partial charge in [0, 0.05) is 79.7 Å². The minimum atomic E-state index is -3.56. The molecule has 2 aliphatic rings. The average Bonchev–Trinajstić information content (AvgIpc) is 3.71. The number of ether oxygens (including phenoxy) is 1. The fourth-order valence-corrected chi connectivity index (χ4v) is 7.38. The monoisotopic (exact) mass is 706 g/mol. The maximum Gasteiger partial charge on any atom is 0.253 e. The molecular formula is C35H42N6O8S. The summed E-state index contributed by atoms with van der Waals surface area (Å²) in [7, 11) is -3.56. The summed E-state index contributed by atoms with van der Waals surface area (Å²) in [5.41, 5.74) is 2.36. The number of amides is 4. The van der Waals surface area contributed by atoms with Crippen LogP contribution < -0.4 is 15.5 Å². The predicted molar refractivity (Wildman–Crippen MR) is 187 cm³/mol. The topological polar surface area (TPSA) is 185 Å². The van der Waals surface area contributed by atoms with E-state index in [2.05, 4.69) is 20.6 Å². The summed E-state index contributed by atoms with van der Waals surface area (Å²) < 4.78 is 29.9. The van der Waals surface area contributed by atoms with Gasteiger partial charge in [-0.2, -0.15) is 0 Å². The van der Waals surface area contributed by atoms with Gasteiger partial charge in [-0.05, 0) is 43.9 Å². The number of fused-ring (bicyclic) bond motifs is 3. The third-order valence-electron chi connectivity index (χ3n) is 8.77. The summed E-state index contributed by atoms with van der Waals surface area (Å²) in [6.45, 7) is 1.66. The van der Waals surface area contributed by atoms with E-state index in [1.54, 1.807) is 12.4 Å². The maximum atomic E-state index is 13.7. The number of nitrogens with one attached hydrogen (secondary N) is 2. The van der Waals surface area contributed by atoms with Gasteiger partial charge in [0.05, 0.1) is 48.5 Å². The molecule has 14 nitrogen and oxygen atoms in total. The van der Waals surface area contributed by atoms with Crippen LogP contribution in [0.4, 0.5) is 5.69 Å². The van der Waals surface area contributed by atoms with Crippen molar-refractivity contribution in [2.45, 2.75) is 44.6 Å². The molecule has 0 bridgehead atoms. The molecule has 1 aromatic carbocycles. The van der Waals surface area contributed by atoms with E-state index in [-0.39, 0.29) is 69.2 Å². The van der Waals surface area contributed by atoms with Crippen LogP contribution in [0.2, 0.25) is 0 Å². The van der Waals surface area contributed by atoms with Crippen molar-refractivity contribution >= 4 is 66.7 Å². The van der Waals surface area contributed by atoms with Crippen LogP contribution in [-0.2, 0) is 38.5 Å². The van der Waals surface area contributed by atoms with Crippen molar-refractivity contribution in [2.75, 3.05) is 56.3 Å². The molecule has 0 aliphatic carbocycles. The molecule has 15 heteroatoms. The zero-order chi connectivity index (χ0) is 35.7. The minimum absolute atomic E-state index is 0.140. The smallest absolute Gasteiger partial charge is 0.253 e. The normalized spacial score (nSPS) is 16.8. The Kier molecular flexibility index (Phi) is 12.2. The SMILES string of the molecule is CS(=O)(=O)CC(CC(=O)C1CCCN1c1ccnc2c1ccc1cccnc12)C(=O)NCCCCC(=O)NCCOCCN1C(=O)C=CC1=O. The first-order chi connectivity index (χ1) is 24.0. The standard InChI is InChI=1S/C35H42N6O8S/c1-50(47,48)23-25(35(46)39-14-3-2-8-30(43)36-17-20-49-21-19-41-31(44)11-12-32(41)45)22-29(42)28-7-5-18-40(28)27-13-16-38-34-26(27)10-9-24-6-4-15-37-33(24)34/h4,6,9-13,15-16,25,28H,2-3,5,7-8,14,17-23H2,1H3,(H,36,43)(H,39,46). The number of anilines is 1. The number of sulfone groups is 1. The maximum absolute atomic E-state index is 13.7. The summed E-state index contributed by atoms with van der Waals surface area (Å²) in [4.78, 5) is 74.3. The highest BCUT2D eigenvalue weighted by Crippen LogP contribution is 2.34. The molecule has 2 aromatic heterocycles. The number of carbonyl (C=O) groups is 5. The molecule has 4 amide bonds. The van der Waals surface area contributed by atoms with E-state index >= 15 is 0 Å². The van der Waals surface area contributed by atoms with Gasteiger partial charge >= 0.3 is 0 Å². The van der Waals surface area contributed by atoms with Gasteiger partial charge in [-0.3, -0.25) is 38.8 Å². The molecule has 266 valence electrons. The Balaban J connectivity index is 1.07. The van der Waals surface area contributed by atoms with E-state index in [4.69, 9.17) is 4.74 Å². The molecule has 2 aliphatic heterocycles. The number of pyridine rings is 2. The summed E-state index contributed by atoms with van der Waals surface area (Å²) in [5.74, 6) is -3.12. The van der Waals surface area contributed by atoms with Crippen LogP contribution in [0.5, 0.6) is 0 Å². The molecule has 0 saturated carbocycles. The summed E-state index contributed by atoms with van der Waals surface area (Å²) >= 11 is 0. The number of unbranched alkanes of at least 4 members (excludes halogenated alkanes) is 1. The van der Waals surface area contributed by atoms with E-state index in [9.17, 15) is 32.4 Å². The number of imide groups is 1. The van der Waals surface area contributed by atoms with Crippen LogP contribution >= 0.6 is 0 Å². The molecule has 1 fully saturated rings. The molecule has 2 unspecified atom stereocenters. The molecular weight excluding hydrogens is 664 g/mol. The number of nitrogens with zero attached hydrogens (tertiary/aromatic N) is 4. The first-order valence-corrected chi connectivity index (χ1v) is 18.8. The summed E-state index contributed by atoms with van der Waals surface area (Å²) in [5, 5.41) is 7.32. The molecule has 0 radical (unpaired) electrons. The van der Waals surface area contributed by atoms with Crippen molar-refractivity contribution < 1.29 is 37.1 Å². The fourth-order valence-electron chi connectivity index (χ4n) is 6.38. The highest BCUT2D eigenvalue weighted by molar-refractivity contribution is 7.90. The van der Waals surface area contributed by atoms with Gasteiger partial charge in [-0.1, -0.05) is 12.1 Å². The highest BCUT2D eigenvalue weighted by Gasteiger charge is 2.35. The highest BCUT2D eigenvalue weighted by atomic mass is 32.2. The second kappa shape index (κ2) is 16.8. The van der Waals surface area contributed by atoms with Crippen molar-refractivity contribution in [3.8, 4) is 0 Å². The first-order valence-electron chi connectivity index (χ1n) is 16.8. The Bertz CT molecular complexity index is 1880. The Morgan fingerprint density at radius 1 is 0.960 bits per heavy atom. The van der Waals surface area contributed by atoms with Crippen molar-refractivity contribution in [3.05, 3.63) is 54.9 Å². The minimum Gasteiger partial charge on any atom is -0.378 e. The number of hydrogen-bond donors (Lipinski definition) is 2. The van der Waals surface area contributed by atoms with Gasteiger partial charge in [0.25, 0.3) is 11.8 Å². The third-order valence-corrected chi connectivity index (χ3v) is 9.78. The first kappa shape index (κ1) is 36.5. The Labute approximate surface area is 290 Å². The largest absolute Gasteiger partial charge is 0.378 e. The van der Waals surface area contributed by atoms with Crippen LogP contribution in [0.15, 0.2) is 54.9 Å². The summed E-state index contributed by atoms with van der Waals surface area (Å²) in [6.07, 6.45) is 9.23. The number of ketones is 1. The number of rotatable bonds is 18. The summed E-state index contributed by atoms with van der Waals surface area (Å²) in [6, 6.07) is 9.16. The van der Waals surface area contributed by atoms with Crippen LogP contribution in [0.25, 0.3) is 21.8 Å². The van der Waals surface area contributed by atoms with Crippen molar-refractivity contribution in [1.29, 1.82) is 0 Å². The molecule has 2 atom stereocenters. The van der Waals surface area contributed by atoms with E-state index < -0.39 is 33.5 Å². The molecule has 2 N–H and O–H groups in total. The fraction of sp³-hybridized carbons (Fsp3) is 0.457. The lowest BCUT2D eigenvalue weighted by molar-refractivity contribution is -0.137. The van der Waals surface area contributed by atoms with Gasteiger partial charge in [-0.15, -0.1) is 0 Å². The lowest BCUT2D eigenvalue weighted by Crippen LogP contribution is -2.41. The van der Waals surface area contributed by atoms with Crippen LogP contribution in [0.3, 0.4) is 0 Å². The Morgan fingerprint density at radius 3 is 2.52 bits per heavy atom. The van der Waals surface area contributed by atoms with Crippen LogP contribution in [0, 0.1) is 5.92 Å². The van der Waals surface area contributed by atoms with Crippen LogP contribution in [0.1, 0.15) is 38.5 Å². The average molecular weight is 707 g/mol. The van der Waals surface area contributed by atoms with Gasteiger partial charge in [0.2, 0.25) is 11.8 Å². The number of carbonyl (C=O) groups excluding carboxylic acids is 5. The van der Waals surface area contributed by atoms with Crippen molar-refractivity contribution in [2.24, 2.45) is 5.92 Å². The number of aromatic nitrogens is 2. The zero-order valence-corrected chi connectivity index (χ0v) is 28.8. The number of benzene rings is 1. The van der Waals surface area contributed by atoms with E-state index in [0.717, 1.165) is 45.1 Å². The lowest BCUT2D eigenvalue weighted by Gasteiger charge is -2.28. The Hall–Kier alpha value is -4.76. The van der Waals surface area contributed by atoms with Gasteiger partial charge < -0.3 is 20.3 Å².